The Kier molecular flexibility index (Phi) is 5.33. The fraction of sp³-hybridized carbons (Fsp3) is 0.300. The minimum absolute atomic E-state index is 0.0599. The molecule has 4 N–H and O–H groups in total. The normalized spacial score (nSPS) is 13.4. The minimum atomic E-state index is -0.0599. The van der Waals surface area contributed by atoms with Gasteiger partial charge in [-0.05, 0) is 67.1 Å². The van der Waals surface area contributed by atoms with Crippen molar-refractivity contribution >= 4 is 17.6 Å². The average Bonchev–Trinajstić information content (AvgIpc) is 3.08. The van der Waals surface area contributed by atoms with E-state index in [1.54, 1.807) is 12.1 Å². The highest BCUT2D eigenvalue weighted by Crippen LogP contribution is 2.24. The summed E-state index contributed by atoms with van der Waals surface area (Å²) in [4.78, 5) is 16.1. The molecular formula is C20H24N4O. The maximum atomic E-state index is 11.7. The highest BCUT2D eigenvalue weighted by Gasteiger charge is 2.10. The van der Waals surface area contributed by atoms with E-state index in [-0.39, 0.29) is 5.91 Å². The van der Waals surface area contributed by atoms with Crippen LogP contribution in [0.15, 0.2) is 47.5 Å². The van der Waals surface area contributed by atoms with Gasteiger partial charge in [0.05, 0.1) is 6.54 Å². The summed E-state index contributed by atoms with van der Waals surface area (Å²) >= 11 is 0. The van der Waals surface area contributed by atoms with Gasteiger partial charge in [-0.15, -0.1) is 0 Å². The van der Waals surface area contributed by atoms with Gasteiger partial charge in [0.1, 0.15) is 0 Å². The topological polar surface area (TPSA) is 79.5 Å². The summed E-state index contributed by atoms with van der Waals surface area (Å²) in [7, 11) is 0. The maximum Gasteiger partial charge on any atom is 0.251 e. The van der Waals surface area contributed by atoms with Crippen LogP contribution in [0.25, 0.3) is 0 Å². The second kappa shape index (κ2) is 7.83. The molecule has 0 spiro atoms. The van der Waals surface area contributed by atoms with Crippen molar-refractivity contribution in [2.75, 3.05) is 11.9 Å². The molecule has 0 aromatic heterocycles. The van der Waals surface area contributed by atoms with E-state index in [2.05, 4.69) is 27.8 Å². The second-order valence-electron chi connectivity index (χ2n) is 6.22. The number of nitrogens with zero attached hydrogens (tertiary/aromatic N) is 1. The molecule has 0 saturated heterocycles. The Morgan fingerprint density at radius 2 is 1.88 bits per heavy atom. The third-order valence-electron chi connectivity index (χ3n) is 4.36. The van der Waals surface area contributed by atoms with Gasteiger partial charge in [-0.1, -0.05) is 18.2 Å². The van der Waals surface area contributed by atoms with Gasteiger partial charge in [-0.2, -0.15) is 0 Å². The van der Waals surface area contributed by atoms with E-state index in [4.69, 9.17) is 5.73 Å². The largest absolute Gasteiger partial charge is 0.370 e. The van der Waals surface area contributed by atoms with Crippen LogP contribution < -0.4 is 16.4 Å². The quantitative estimate of drug-likeness (QED) is 0.580. The number of benzene rings is 2. The first kappa shape index (κ1) is 17.0. The number of hydrogen-bond donors (Lipinski definition) is 3. The molecule has 0 bridgehead atoms. The summed E-state index contributed by atoms with van der Waals surface area (Å²) in [5.41, 5.74) is 11.5. The van der Waals surface area contributed by atoms with E-state index >= 15 is 0 Å². The van der Waals surface area contributed by atoms with E-state index < -0.39 is 0 Å². The van der Waals surface area contributed by atoms with Gasteiger partial charge in [-0.25, -0.2) is 4.99 Å². The number of carbonyl (C=O) groups excluding carboxylic acids is 1. The molecule has 0 fully saturated rings. The first-order valence-electron chi connectivity index (χ1n) is 8.71. The Labute approximate surface area is 148 Å². The maximum absolute atomic E-state index is 11.7. The number of fused-ring (bicyclic) bond motifs is 1. The lowest BCUT2D eigenvalue weighted by molar-refractivity contribution is 0.0956. The number of anilines is 1. The van der Waals surface area contributed by atoms with Crippen molar-refractivity contribution in [3.05, 3.63) is 64.7 Å². The van der Waals surface area contributed by atoms with Crippen molar-refractivity contribution < 1.29 is 4.79 Å². The Morgan fingerprint density at radius 3 is 2.64 bits per heavy atom. The standard InChI is InChI=1S/C20H24N4O/c1-2-22-19(25)16-8-6-14(7-9-16)13-23-20(21)24-18-11-10-15-4-3-5-17(15)12-18/h6-12H,2-5,13H2,1H3,(H,22,25)(H3,21,23,24). The van der Waals surface area contributed by atoms with Gasteiger partial charge < -0.3 is 16.4 Å². The highest BCUT2D eigenvalue weighted by molar-refractivity contribution is 5.94. The van der Waals surface area contributed by atoms with E-state index in [1.807, 2.05) is 25.1 Å². The van der Waals surface area contributed by atoms with Crippen LogP contribution in [0.1, 0.15) is 40.4 Å². The molecule has 25 heavy (non-hydrogen) atoms. The smallest absolute Gasteiger partial charge is 0.251 e. The minimum Gasteiger partial charge on any atom is -0.370 e. The van der Waals surface area contributed by atoms with Crippen molar-refractivity contribution in [2.24, 2.45) is 10.7 Å². The third kappa shape index (κ3) is 4.38. The van der Waals surface area contributed by atoms with Gasteiger partial charge in [0, 0.05) is 17.8 Å². The molecule has 1 amide bonds. The predicted molar refractivity (Wildman–Crippen MR) is 102 cm³/mol. The number of carbonyl (C=O) groups is 1. The molecule has 2 aromatic rings. The van der Waals surface area contributed by atoms with Gasteiger partial charge in [0.25, 0.3) is 5.91 Å². The molecule has 5 nitrogen and oxygen atoms in total. The van der Waals surface area contributed by atoms with Gasteiger partial charge >= 0.3 is 0 Å². The molecule has 3 rings (SSSR count). The van der Waals surface area contributed by atoms with Crippen molar-refractivity contribution in [2.45, 2.75) is 32.7 Å². The first-order valence-corrected chi connectivity index (χ1v) is 8.71. The molecule has 1 aliphatic rings. The van der Waals surface area contributed by atoms with E-state index in [1.165, 1.54) is 24.0 Å². The number of amides is 1. The first-order chi connectivity index (χ1) is 12.2. The number of aryl methyl sites for hydroxylation is 2. The number of aliphatic imine (C=N–C) groups is 1. The average molecular weight is 336 g/mol. The zero-order valence-electron chi connectivity index (χ0n) is 14.5. The van der Waals surface area contributed by atoms with Crippen molar-refractivity contribution in [3.8, 4) is 0 Å². The molecule has 130 valence electrons. The number of hydrogen-bond acceptors (Lipinski definition) is 2. The molecule has 5 heteroatoms. The summed E-state index contributed by atoms with van der Waals surface area (Å²) < 4.78 is 0. The SMILES string of the molecule is CCNC(=O)c1ccc(CN=C(N)Nc2ccc3c(c2)CCC3)cc1. The number of rotatable bonds is 5. The summed E-state index contributed by atoms with van der Waals surface area (Å²) in [6.45, 7) is 2.99. The van der Waals surface area contributed by atoms with Crippen molar-refractivity contribution in [3.63, 3.8) is 0 Å². The zero-order chi connectivity index (χ0) is 17.6. The number of nitrogens with two attached hydrogens (primary N) is 1. The van der Waals surface area contributed by atoms with Crippen LogP contribution in [0.5, 0.6) is 0 Å². The van der Waals surface area contributed by atoms with Crippen LogP contribution in [0, 0.1) is 0 Å². The highest BCUT2D eigenvalue weighted by atomic mass is 16.1. The van der Waals surface area contributed by atoms with Crippen LogP contribution in [-0.4, -0.2) is 18.4 Å². The second-order valence-corrected chi connectivity index (χ2v) is 6.22. The van der Waals surface area contributed by atoms with Crippen LogP contribution in [0.3, 0.4) is 0 Å². The third-order valence-corrected chi connectivity index (χ3v) is 4.36. The van der Waals surface area contributed by atoms with E-state index in [9.17, 15) is 4.79 Å². The summed E-state index contributed by atoms with van der Waals surface area (Å²) in [5, 5.41) is 5.93. The van der Waals surface area contributed by atoms with Gasteiger partial charge in [-0.3, -0.25) is 4.79 Å². The fourth-order valence-electron chi connectivity index (χ4n) is 3.04. The molecule has 0 radical (unpaired) electrons. The lowest BCUT2D eigenvalue weighted by Crippen LogP contribution is -2.23. The van der Waals surface area contributed by atoms with Crippen LogP contribution in [0.4, 0.5) is 5.69 Å². The van der Waals surface area contributed by atoms with Crippen LogP contribution in [0.2, 0.25) is 0 Å². The van der Waals surface area contributed by atoms with E-state index in [0.29, 0.717) is 24.6 Å². The molecule has 0 heterocycles. The van der Waals surface area contributed by atoms with Crippen LogP contribution >= 0.6 is 0 Å². The molecule has 1 aliphatic carbocycles. The van der Waals surface area contributed by atoms with Crippen LogP contribution in [-0.2, 0) is 19.4 Å². The number of guanidine groups is 1. The van der Waals surface area contributed by atoms with Gasteiger partial charge in [0.15, 0.2) is 5.96 Å². The molecule has 0 unspecified atom stereocenters. The Hall–Kier alpha value is -2.82. The summed E-state index contributed by atoms with van der Waals surface area (Å²) in [5.74, 6) is 0.334. The lowest BCUT2D eigenvalue weighted by atomic mass is 10.1. The lowest BCUT2D eigenvalue weighted by Gasteiger charge is -2.08. The van der Waals surface area contributed by atoms with Gasteiger partial charge in [0.2, 0.25) is 0 Å². The molecule has 2 aromatic carbocycles. The zero-order valence-corrected chi connectivity index (χ0v) is 14.5. The van der Waals surface area contributed by atoms with E-state index in [0.717, 1.165) is 17.7 Å². The summed E-state index contributed by atoms with van der Waals surface area (Å²) in [6, 6.07) is 13.8. The molecule has 0 aliphatic heterocycles. The molecule has 0 atom stereocenters. The molecular weight excluding hydrogens is 312 g/mol. The summed E-state index contributed by atoms with van der Waals surface area (Å²) in [6.07, 6.45) is 3.54. The predicted octanol–water partition coefficient (Wildman–Crippen LogP) is 2.85. The Balaban J connectivity index is 1.58. The number of nitrogens with one attached hydrogen (secondary N) is 2. The fourth-order valence-corrected chi connectivity index (χ4v) is 3.04. The molecule has 0 saturated carbocycles. The van der Waals surface area contributed by atoms with Crippen molar-refractivity contribution in [1.29, 1.82) is 0 Å². The Morgan fingerprint density at radius 1 is 1.12 bits per heavy atom. The Bertz CT molecular complexity index is 781. The monoisotopic (exact) mass is 336 g/mol. The van der Waals surface area contributed by atoms with Crippen molar-refractivity contribution in [1.82, 2.24) is 5.32 Å².